The first kappa shape index (κ1) is 12.5. The molecule has 4 heteroatoms. The van der Waals surface area contributed by atoms with Crippen LogP contribution in [0.15, 0.2) is 42.9 Å². The molecule has 1 aromatic carbocycles. The van der Waals surface area contributed by atoms with Gasteiger partial charge in [0.25, 0.3) is 0 Å². The first-order valence-electron chi connectivity index (χ1n) is 5.99. The molecule has 2 aromatic rings. The average Bonchev–Trinajstić information content (AvgIpc) is 2.46. The molecule has 0 saturated heterocycles. The van der Waals surface area contributed by atoms with Crippen LogP contribution in [-0.2, 0) is 0 Å². The Morgan fingerprint density at radius 3 is 2.78 bits per heavy atom. The molecule has 1 heterocycles. The van der Waals surface area contributed by atoms with Crippen LogP contribution in [0.4, 0.5) is 0 Å². The minimum Gasteiger partial charge on any atom is -0.496 e. The minimum atomic E-state index is 0.0224. The van der Waals surface area contributed by atoms with Crippen molar-refractivity contribution in [3.63, 3.8) is 0 Å². The molecule has 2 rings (SSSR count). The van der Waals surface area contributed by atoms with Gasteiger partial charge >= 0.3 is 0 Å². The van der Waals surface area contributed by atoms with Gasteiger partial charge in [0.1, 0.15) is 12.1 Å². The van der Waals surface area contributed by atoms with Gasteiger partial charge in [0, 0.05) is 11.8 Å². The highest BCUT2D eigenvalue weighted by Crippen LogP contribution is 2.28. The number of ether oxygens (including phenoxy) is 1. The average molecular weight is 243 g/mol. The van der Waals surface area contributed by atoms with Crippen LogP contribution in [0.1, 0.15) is 24.2 Å². The van der Waals surface area contributed by atoms with Crippen molar-refractivity contribution in [3.05, 3.63) is 54.1 Å². The van der Waals surface area contributed by atoms with E-state index in [-0.39, 0.29) is 6.04 Å². The lowest BCUT2D eigenvalue weighted by molar-refractivity contribution is 0.404. The van der Waals surface area contributed by atoms with Gasteiger partial charge in [-0.05, 0) is 18.7 Å². The van der Waals surface area contributed by atoms with E-state index >= 15 is 0 Å². The monoisotopic (exact) mass is 243 g/mol. The van der Waals surface area contributed by atoms with E-state index in [0.717, 1.165) is 23.6 Å². The Kier molecular flexibility index (Phi) is 4.25. The summed E-state index contributed by atoms with van der Waals surface area (Å²) in [6.45, 7) is 2.93. The van der Waals surface area contributed by atoms with Gasteiger partial charge in [-0.15, -0.1) is 0 Å². The highest BCUT2D eigenvalue weighted by atomic mass is 16.5. The van der Waals surface area contributed by atoms with Crippen molar-refractivity contribution in [2.24, 2.45) is 0 Å². The maximum absolute atomic E-state index is 5.41. The zero-order chi connectivity index (χ0) is 12.8. The fourth-order valence-corrected chi connectivity index (χ4v) is 1.95. The lowest BCUT2D eigenvalue weighted by Gasteiger charge is -2.19. The van der Waals surface area contributed by atoms with E-state index in [4.69, 9.17) is 4.74 Å². The molecule has 1 aromatic heterocycles. The molecule has 0 aliphatic carbocycles. The molecule has 0 spiro atoms. The number of methoxy groups -OCH3 is 1. The lowest BCUT2D eigenvalue weighted by atomic mass is 10.0. The molecule has 18 heavy (non-hydrogen) atoms. The smallest absolute Gasteiger partial charge is 0.124 e. The molecule has 1 atom stereocenters. The molecule has 0 bridgehead atoms. The van der Waals surface area contributed by atoms with Gasteiger partial charge in [-0.3, -0.25) is 0 Å². The van der Waals surface area contributed by atoms with Crippen LogP contribution in [-0.4, -0.2) is 23.6 Å². The number of hydrogen-bond acceptors (Lipinski definition) is 4. The first-order valence-corrected chi connectivity index (χ1v) is 5.99. The van der Waals surface area contributed by atoms with Crippen molar-refractivity contribution in [3.8, 4) is 5.75 Å². The summed E-state index contributed by atoms with van der Waals surface area (Å²) in [5.74, 6) is 0.863. The Morgan fingerprint density at radius 2 is 2.11 bits per heavy atom. The summed E-state index contributed by atoms with van der Waals surface area (Å²) in [4.78, 5) is 8.27. The van der Waals surface area contributed by atoms with Crippen LogP contribution >= 0.6 is 0 Å². The van der Waals surface area contributed by atoms with Crippen molar-refractivity contribution in [2.45, 2.75) is 13.0 Å². The second-order valence-corrected chi connectivity index (χ2v) is 3.87. The Balaban J connectivity index is 2.41. The van der Waals surface area contributed by atoms with Crippen LogP contribution in [0.2, 0.25) is 0 Å². The van der Waals surface area contributed by atoms with Crippen LogP contribution in [0.5, 0.6) is 5.75 Å². The third-order valence-corrected chi connectivity index (χ3v) is 2.76. The zero-order valence-electron chi connectivity index (χ0n) is 10.6. The molecule has 0 fully saturated rings. The van der Waals surface area contributed by atoms with Crippen molar-refractivity contribution in [2.75, 3.05) is 13.7 Å². The van der Waals surface area contributed by atoms with Crippen molar-refractivity contribution < 1.29 is 4.74 Å². The standard InChI is InChI=1S/C14H17N3O/c1-3-16-14(12-8-9-15-10-17-12)11-6-4-5-7-13(11)18-2/h4-10,14,16H,3H2,1-2H3. The van der Waals surface area contributed by atoms with Gasteiger partial charge in [0.05, 0.1) is 18.8 Å². The largest absolute Gasteiger partial charge is 0.496 e. The van der Waals surface area contributed by atoms with E-state index in [0.29, 0.717) is 0 Å². The Hall–Kier alpha value is -1.94. The summed E-state index contributed by atoms with van der Waals surface area (Å²) in [5, 5.41) is 3.42. The molecule has 0 aliphatic heterocycles. The van der Waals surface area contributed by atoms with E-state index in [2.05, 4.69) is 22.2 Å². The summed E-state index contributed by atoms with van der Waals surface area (Å²) in [7, 11) is 1.68. The quantitative estimate of drug-likeness (QED) is 0.874. The molecule has 4 nitrogen and oxygen atoms in total. The summed E-state index contributed by atoms with van der Waals surface area (Å²) in [6, 6.07) is 9.91. The molecule has 0 aliphatic rings. The molecular formula is C14H17N3O. The van der Waals surface area contributed by atoms with Gasteiger partial charge in [-0.2, -0.15) is 0 Å². The molecule has 0 saturated carbocycles. The van der Waals surface area contributed by atoms with Crippen LogP contribution in [0.3, 0.4) is 0 Å². The Labute approximate surface area is 107 Å². The highest BCUT2D eigenvalue weighted by molar-refractivity contribution is 5.39. The number of para-hydroxylation sites is 1. The molecule has 0 radical (unpaired) electrons. The number of nitrogens with zero attached hydrogens (tertiary/aromatic N) is 2. The third kappa shape index (κ3) is 2.65. The van der Waals surface area contributed by atoms with E-state index in [9.17, 15) is 0 Å². The fraction of sp³-hybridized carbons (Fsp3) is 0.286. The van der Waals surface area contributed by atoms with E-state index in [1.807, 2.05) is 30.3 Å². The number of benzene rings is 1. The minimum absolute atomic E-state index is 0.0224. The Bertz CT molecular complexity index is 487. The van der Waals surface area contributed by atoms with Crippen molar-refractivity contribution in [1.29, 1.82) is 0 Å². The maximum Gasteiger partial charge on any atom is 0.124 e. The van der Waals surface area contributed by atoms with Gasteiger partial charge < -0.3 is 10.1 Å². The predicted molar refractivity (Wildman–Crippen MR) is 70.5 cm³/mol. The highest BCUT2D eigenvalue weighted by Gasteiger charge is 2.17. The first-order chi connectivity index (χ1) is 8.86. The fourth-order valence-electron chi connectivity index (χ4n) is 1.95. The summed E-state index contributed by atoms with van der Waals surface area (Å²) in [6.07, 6.45) is 3.32. The SMILES string of the molecule is CCNC(c1ccncn1)c1ccccc1OC. The van der Waals surface area contributed by atoms with Gasteiger partial charge in [-0.25, -0.2) is 9.97 Å². The number of rotatable bonds is 5. The number of nitrogens with one attached hydrogen (secondary N) is 1. The number of aromatic nitrogens is 2. The van der Waals surface area contributed by atoms with E-state index in [1.54, 1.807) is 19.6 Å². The molecule has 1 unspecified atom stereocenters. The second kappa shape index (κ2) is 6.12. The third-order valence-electron chi connectivity index (χ3n) is 2.76. The van der Waals surface area contributed by atoms with Crippen LogP contribution in [0, 0.1) is 0 Å². The van der Waals surface area contributed by atoms with Gasteiger partial charge in [-0.1, -0.05) is 25.1 Å². The topological polar surface area (TPSA) is 47.0 Å². The zero-order valence-corrected chi connectivity index (χ0v) is 10.6. The molecule has 1 N–H and O–H groups in total. The second-order valence-electron chi connectivity index (χ2n) is 3.87. The summed E-state index contributed by atoms with van der Waals surface area (Å²) < 4.78 is 5.41. The van der Waals surface area contributed by atoms with Gasteiger partial charge in [0.2, 0.25) is 0 Å². The molecular weight excluding hydrogens is 226 g/mol. The predicted octanol–water partition coefficient (Wildman–Crippen LogP) is 2.18. The van der Waals surface area contributed by atoms with E-state index in [1.165, 1.54) is 0 Å². The number of hydrogen-bond donors (Lipinski definition) is 1. The van der Waals surface area contributed by atoms with Gasteiger partial charge in [0.15, 0.2) is 0 Å². The van der Waals surface area contributed by atoms with Crippen molar-refractivity contribution >= 4 is 0 Å². The normalized spacial score (nSPS) is 12.1. The Morgan fingerprint density at radius 1 is 1.28 bits per heavy atom. The van der Waals surface area contributed by atoms with Crippen molar-refractivity contribution in [1.82, 2.24) is 15.3 Å². The molecule has 94 valence electrons. The van der Waals surface area contributed by atoms with Crippen LogP contribution in [0.25, 0.3) is 0 Å². The van der Waals surface area contributed by atoms with Crippen LogP contribution < -0.4 is 10.1 Å². The summed E-state index contributed by atoms with van der Waals surface area (Å²) in [5.41, 5.74) is 2.02. The lowest BCUT2D eigenvalue weighted by Crippen LogP contribution is -2.23. The van der Waals surface area contributed by atoms with E-state index < -0.39 is 0 Å². The molecule has 0 amide bonds. The maximum atomic E-state index is 5.41. The summed E-state index contributed by atoms with van der Waals surface area (Å²) >= 11 is 0.